The normalized spacial score (nSPS) is 12.7. The van der Waals surface area contributed by atoms with E-state index < -0.39 is 8.07 Å². The molecule has 0 saturated heterocycles. The predicted molar refractivity (Wildman–Crippen MR) is 211 cm³/mol. The molecule has 0 aliphatic heterocycles. The Bertz CT molecular complexity index is 1930. The number of carbonyl (C=O) groups is 1. The third kappa shape index (κ3) is 8.97. The Labute approximate surface area is 313 Å². The largest absolute Gasteiger partial charge is 0.512 e. The van der Waals surface area contributed by atoms with Crippen molar-refractivity contribution in [2.75, 3.05) is 0 Å². The minimum Gasteiger partial charge on any atom is -0.512 e. The second kappa shape index (κ2) is 16.5. The minimum atomic E-state index is -1.54. The van der Waals surface area contributed by atoms with Gasteiger partial charge in [0, 0.05) is 57.5 Å². The molecule has 0 bridgehead atoms. The van der Waals surface area contributed by atoms with Gasteiger partial charge >= 0.3 is 0 Å². The number of carbonyl (C=O) groups excluding carboxylic acids is 1. The molecule has 2 heterocycles. The van der Waals surface area contributed by atoms with Gasteiger partial charge in [-0.1, -0.05) is 116 Å². The van der Waals surface area contributed by atoms with Crippen LogP contribution >= 0.6 is 11.3 Å². The van der Waals surface area contributed by atoms with Crippen LogP contribution in [0.3, 0.4) is 0 Å². The molecule has 0 aliphatic carbocycles. The molecule has 0 unspecified atom stereocenters. The van der Waals surface area contributed by atoms with Crippen molar-refractivity contribution in [2.45, 2.75) is 107 Å². The zero-order chi connectivity index (χ0) is 35.4. The second-order valence-electron chi connectivity index (χ2n) is 15.3. The van der Waals surface area contributed by atoms with Gasteiger partial charge in [0.1, 0.15) is 12.1 Å². The second-order valence-corrected chi connectivity index (χ2v) is 21.3. The quantitative estimate of drug-likeness (QED) is 0.0622. The topological polar surface area (TPSA) is 63.1 Å². The SMILES string of the molecule is CC(C)Cc1ccc2c(c1)sc1c(-c3[c-]c4ccccc4c([Si](C)(C)C)c3)ncnc12.CCC(C)(CC)C(=O)/C=C(\O)C(C)(CC)CC.[Ir]. The molecule has 4 nitrogen and oxygen atoms in total. The van der Waals surface area contributed by atoms with Gasteiger partial charge in [0.05, 0.1) is 13.6 Å². The van der Waals surface area contributed by atoms with Crippen LogP contribution in [0, 0.1) is 22.8 Å². The van der Waals surface area contributed by atoms with Crippen molar-refractivity contribution in [3.63, 3.8) is 0 Å². The fraction of sp³-hybridized carbons (Fsp3) is 0.452. The predicted octanol–water partition coefficient (Wildman–Crippen LogP) is 11.9. The zero-order valence-electron chi connectivity index (χ0n) is 31.4. The first-order valence-corrected chi connectivity index (χ1v) is 22.0. The van der Waals surface area contributed by atoms with Gasteiger partial charge in [-0.2, -0.15) is 0 Å². The molecule has 49 heavy (non-hydrogen) atoms. The van der Waals surface area contributed by atoms with E-state index in [0.717, 1.165) is 53.6 Å². The monoisotopic (exact) mass is 872 g/mol. The van der Waals surface area contributed by atoms with E-state index in [1.165, 1.54) is 37.7 Å². The Morgan fingerprint density at radius 3 is 2.14 bits per heavy atom. The van der Waals surface area contributed by atoms with Crippen molar-refractivity contribution >= 4 is 61.5 Å². The van der Waals surface area contributed by atoms with E-state index in [2.05, 4.69) is 93.1 Å². The van der Waals surface area contributed by atoms with Crippen LogP contribution in [-0.4, -0.2) is 28.9 Å². The Kier molecular flexibility index (Phi) is 13.7. The third-order valence-electron chi connectivity index (χ3n) is 10.4. The Balaban J connectivity index is 0.000000312. The smallest absolute Gasteiger partial charge is 0.164 e. The summed E-state index contributed by atoms with van der Waals surface area (Å²) in [6, 6.07) is 21.5. The molecular weight excluding hydrogens is 817 g/mol. The fourth-order valence-corrected chi connectivity index (χ4v) is 8.90. The summed E-state index contributed by atoms with van der Waals surface area (Å²) in [4.78, 5) is 21.6. The summed E-state index contributed by atoms with van der Waals surface area (Å²) in [5.74, 6) is 0.933. The van der Waals surface area contributed by atoms with Gasteiger partial charge in [0.2, 0.25) is 0 Å². The Hall–Kier alpha value is -2.70. The summed E-state index contributed by atoms with van der Waals surface area (Å²) in [6.45, 7) is 23.8. The Morgan fingerprint density at radius 1 is 0.918 bits per heavy atom. The summed E-state index contributed by atoms with van der Waals surface area (Å²) in [5.41, 5.74) is 3.92. The molecule has 3 aromatic carbocycles. The number of rotatable bonds is 11. The zero-order valence-corrected chi connectivity index (χ0v) is 35.6. The summed E-state index contributed by atoms with van der Waals surface area (Å²) >= 11 is 1.81. The van der Waals surface area contributed by atoms with Gasteiger partial charge in [-0.3, -0.25) is 9.78 Å². The summed E-state index contributed by atoms with van der Waals surface area (Å²) in [5, 5.41) is 15.3. The van der Waals surface area contributed by atoms with Crippen LogP contribution in [0.15, 0.2) is 66.7 Å². The van der Waals surface area contributed by atoms with Crippen LogP contribution in [0.4, 0.5) is 0 Å². The fourth-order valence-electron chi connectivity index (χ4n) is 6.07. The van der Waals surface area contributed by atoms with E-state index >= 15 is 0 Å². The summed E-state index contributed by atoms with van der Waals surface area (Å²) in [6.07, 6.45) is 7.56. The van der Waals surface area contributed by atoms with Gasteiger partial charge in [0.25, 0.3) is 0 Å². The number of nitrogens with zero attached hydrogens (tertiary/aromatic N) is 2. The van der Waals surface area contributed by atoms with Crippen molar-refractivity contribution in [1.82, 2.24) is 9.97 Å². The molecular formula is C42H55IrN2O2SSi-. The number of hydrogen-bond acceptors (Lipinski definition) is 5. The van der Waals surface area contributed by atoms with E-state index in [-0.39, 0.29) is 42.5 Å². The molecule has 0 fully saturated rings. The van der Waals surface area contributed by atoms with Gasteiger partial charge < -0.3 is 5.11 Å². The minimum absolute atomic E-state index is 0. The van der Waals surface area contributed by atoms with Gasteiger partial charge in [0.15, 0.2) is 5.78 Å². The third-order valence-corrected chi connectivity index (χ3v) is 13.6. The molecule has 1 N–H and O–H groups in total. The number of aliphatic hydroxyl groups excluding tert-OH is 1. The average Bonchev–Trinajstić information content (AvgIpc) is 3.44. The molecule has 5 aromatic rings. The van der Waals surface area contributed by atoms with Crippen molar-refractivity contribution in [2.24, 2.45) is 16.7 Å². The summed E-state index contributed by atoms with van der Waals surface area (Å²) in [7, 11) is -1.54. The molecule has 265 valence electrons. The number of hydrogen-bond donors (Lipinski definition) is 1. The van der Waals surface area contributed by atoms with Crippen molar-refractivity contribution in [3.05, 3.63) is 78.3 Å². The van der Waals surface area contributed by atoms with E-state index in [0.29, 0.717) is 5.92 Å². The van der Waals surface area contributed by atoms with E-state index in [4.69, 9.17) is 4.98 Å². The van der Waals surface area contributed by atoms with E-state index in [9.17, 15) is 9.90 Å². The first-order chi connectivity index (χ1) is 22.6. The van der Waals surface area contributed by atoms with Crippen LogP contribution < -0.4 is 5.19 Å². The maximum atomic E-state index is 12.2. The maximum Gasteiger partial charge on any atom is 0.164 e. The molecule has 0 amide bonds. The standard InChI is InChI=1S/C27H27N2SSi.C15H28O2.Ir/c1-17(2)12-18-10-11-22-23(13-18)30-27-25(28-16-29-26(22)27)20-14-19-8-6-7-9-21(19)24(15-20)31(3,4)5;1-7-14(5,8-2)12(16)11-13(17)15(6,9-3)10-4;/h6-11,13,15-17H,12H2,1-5H3;11,16H,7-10H2,1-6H3;/q-1;;/b;12-11-;. The van der Waals surface area contributed by atoms with Crippen LogP contribution in [-0.2, 0) is 31.3 Å². The maximum absolute atomic E-state index is 12.2. The first-order valence-electron chi connectivity index (χ1n) is 17.7. The summed E-state index contributed by atoms with van der Waals surface area (Å²) < 4.78 is 2.45. The number of fused-ring (bicyclic) bond motifs is 4. The van der Waals surface area contributed by atoms with Gasteiger partial charge in [-0.25, -0.2) is 4.98 Å². The Morgan fingerprint density at radius 2 is 1.55 bits per heavy atom. The van der Waals surface area contributed by atoms with Crippen LogP contribution in [0.25, 0.3) is 42.3 Å². The molecule has 0 atom stereocenters. The van der Waals surface area contributed by atoms with Crippen LogP contribution in [0.2, 0.25) is 19.6 Å². The van der Waals surface area contributed by atoms with Crippen LogP contribution in [0.5, 0.6) is 0 Å². The molecule has 0 aliphatic rings. The number of ketones is 1. The molecule has 2 aromatic heterocycles. The number of allylic oxidation sites excluding steroid dienone is 2. The number of aromatic nitrogens is 2. The number of aliphatic hydroxyl groups is 1. The average molecular weight is 872 g/mol. The van der Waals surface area contributed by atoms with Gasteiger partial charge in [-0.05, 0) is 49.7 Å². The number of thiophene rings is 1. The van der Waals surface area contributed by atoms with Crippen LogP contribution in [0.1, 0.15) is 86.6 Å². The molecule has 7 heteroatoms. The van der Waals surface area contributed by atoms with E-state index in [1.54, 1.807) is 6.33 Å². The van der Waals surface area contributed by atoms with Crippen molar-refractivity contribution in [3.8, 4) is 11.3 Å². The number of benzene rings is 3. The first kappa shape index (κ1) is 40.7. The molecule has 1 radical (unpaired) electrons. The molecule has 0 saturated carbocycles. The van der Waals surface area contributed by atoms with E-state index in [1.807, 2.05) is 52.9 Å². The molecule has 0 spiro atoms. The van der Waals surface area contributed by atoms with Gasteiger partial charge in [-0.15, -0.1) is 40.1 Å². The van der Waals surface area contributed by atoms with Crippen molar-refractivity contribution in [1.29, 1.82) is 0 Å². The van der Waals surface area contributed by atoms with Crippen molar-refractivity contribution < 1.29 is 30.0 Å². The molecule has 5 rings (SSSR count).